The molecule has 2 aliphatic rings. The summed E-state index contributed by atoms with van der Waals surface area (Å²) in [6, 6.07) is 6.59. The van der Waals surface area contributed by atoms with Gasteiger partial charge in [0.15, 0.2) is 11.6 Å². The Labute approximate surface area is 217 Å². The molecule has 10 heteroatoms. The van der Waals surface area contributed by atoms with Crippen LogP contribution in [0.5, 0.6) is 0 Å². The number of morpholine rings is 1. The van der Waals surface area contributed by atoms with Crippen LogP contribution in [0.15, 0.2) is 53.5 Å². The Hall–Kier alpha value is -3.50. The zero-order valence-electron chi connectivity index (χ0n) is 21.7. The Kier molecular flexibility index (Phi) is 9.45. The number of nitrogens with zero attached hydrogens (tertiary/aromatic N) is 4. The van der Waals surface area contributed by atoms with Crippen molar-refractivity contribution in [2.45, 2.75) is 38.7 Å². The summed E-state index contributed by atoms with van der Waals surface area (Å²) in [5.41, 5.74) is 7.27. The van der Waals surface area contributed by atoms with E-state index >= 15 is 0 Å². The number of halogens is 1. The fourth-order valence-electron chi connectivity index (χ4n) is 4.54. The van der Waals surface area contributed by atoms with Crippen LogP contribution >= 0.6 is 0 Å². The number of rotatable bonds is 10. The lowest BCUT2D eigenvalue weighted by molar-refractivity contribution is 0.118. The number of allylic oxidation sites excluding steroid dienone is 2. The quantitative estimate of drug-likeness (QED) is 0.250. The molecule has 2 atom stereocenters. The van der Waals surface area contributed by atoms with Gasteiger partial charge in [-0.15, -0.1) is 0 Å². The maximum absolute atomic E-state index is 14.2. The number of aromatic nitrogens is 2. The summed E-state index contributed by atoms with van der Waals surface area (Å²) in [6.07, 6.45) is 10.6. The SMILES string of the molecule is CN/C=C(\C=C/C/C=N/Nc1ncc(F)c(N2CCOCC2)n1)Nc1cc(C)cc(C2CCOC2C)c1. The molecule has 0 amide bonds. The molecule has 3 heterocycles. The fourth-order valence-corrected chi connectivity index (χ4v) is 4.54. The highest BCUT2D eigenvalue weighted by atomic mass is 19.1. The zero-order valence-corrected chi connectivity index (χ0v) is 21.7. The Bertz CT molecular complexity index is 1130. The van der Waals surface area contributed by atoms with Crippen LogP contribution in [0.25, 0.3) is 0 Å². The predicted octanol–water partition coefficient (Wildman–Crippen LogP) is 4.17. The lowest BCUT2D eigenvalue weighted by atomic mass is 9.92. The van der Waals surface area contributed by atoms with Crippen molar-refractivity contribution in [1.82, 2.24) is 15.3 Å². The molecule has 2 aliphatic heterocycles. The minimum absolute atomic E-state index is 0.237. The maximum Gasteiger partial charge on any atom is 0.245 e. The first-order valence-corrected chi connectivity index (χ1v) is 12.7. The van der Waals surface area contributed by atoms with Crippen LogP contribution < -0.4 is 21.0 Å². The molecule has 2 aromatic rings. The van der Waals surface area contributed by atoms with Crippen LogP contribution in [0, 0.1) is 12.7 Å². The van der Waals surface area contributed by atoms with Crippen molar-refractivity contribution in [2.24, 2.45) is 5.10 Å². The van der Waals surface area contributed by atoms with E-state index in [-0.39, 0.29) is 17.9 Å². The highest BCUT2D eigenvalue weighted by Gasteiger charge is 2.26. The number of ether oxygens (including phenoxy) is 2. The molecule has 0 saturated carbocycles. The van der Waals surface area contributed by atoms with Crippen molar-refractivity contribution >= 4 is 23.7 Å². The van der Waals surface area contributed by atoms with Crippen molar-refractivity contribution in [2.75, 3.05) is 55.6 Å². The van der Waals surface area contributed by atoms with Gasteiger partial charge >= 0.3 is 0 Å². The lowest BCUT2D eigenvalue weighted by Gasteiger charge is -2.27. The number of hydrogen-bond donors (Lipinski definition) is 3. The van der Waals surface area contributed by atoms with E-state index in [1.807, 2.05) is 30.3 Å². The standard InChI is InChI=1S/C27H36FN7O2/c1-19-14-21(24-7-11-37-20(24)2)16-23(15-19)32-22(17-29-3)6-4-5-8-31-34-27-30-18-25(28)26(33-27)35-9-12-36-13-10-35/h4,6,8,14-18,20,24,29,32H,5,7,9-13H2,1-3H3,(H,30,33,34)/b6-4-,22-17+,31-8+. The molecule has 37 heavy (non-hydrogen) atoms. The van der Waals surface area contributed by atoms with E-state index < -0.39 is 5.82 Å². The van der Waals surface area contributed by atoms with Crippen molar-refractivity contribution in [1.29, 1.82) is 0 Å². The largest absolute Gasteiger partial charge is 0.392 e. The number of benzene rings is 1. The summed E-state index contributed by atoms with van der Waals surface area (Å²) in [7, 11) is 1.87. The third-order valence-electron chi connectivity index (χ3n) is 6.32. The number of hydrazone groups is 1. The van der Waals surface area contributed by atoms with Gasteiger partial charge < -0.3 is 25.0 Å². The van der Waals surface area contributed by atoms with E-state index in [1.165, 1.54) is 11.1 Å². The third-order valence-corrected chi connectivity index (χ3v) is 6.32. The first-order chi connectivity index (χ1) is 18.0. The number of anilines is 3. The van der Waals surface area contributed by atoms with E-state index in [9.17, 15) is 4.39 Å². The van der Waals surface area contributed by atoms with Gasteiger partial charge in [0.25, 0.3) is 0 Å². The smallest absolute Gasteiger partial charge is 0.245 e. The molecule has 0 aliphatic carbocycles. The molecule has 1 aromatic heterocycles. The van der Waals surface area contributed by atoms with E-state index in [2.05, 4.69) is 63.2 Å². The molecule has 0 spiro atoms. The average Bonchev–Trinajstić information content (AvgIpc) is 3.33. The van der Waals surface area contributed by atoms with Crippen LogP contribution in [-0.2, 0) is 9.47 Å². The second-order valence-corrected chi connectivity index (χ2v) is 9.14. The molecule has 3 N–H and O–H groups in total. The van der Waals surface area contributed by atoms with Crippen LogP contribution in [0.1, 0.15) is 36.8 Å². The van der Waals surface area contributed by atoms with Crippen molar-refractivity contribution in [3.05, 3.63) is 65.4 Å². The molecule has 9 nitrogen and oxygen atoms in total. The lowest BCUT2D eigenvalue weighted by Crippen LogP contribution is -2.37. The second kappa shape index (κ2) is 13.2. The van der Waals surface area contributed by atoms with Gasteiger partial charge in [0.2, 0.25) is 5.95 Å². The van der Waals surface area contributed by atoms with Gasteiger partial charge in [0.1, 0.15) is 0 Å². The monoisotopic (exact) mass is 509 g/mol. The van der Waals surface area contributed by atoms with E-state index in [1.54, 1.807) is 6.21 Å². The topological polar surface area (TPSA) is 95.9 Å². The van der Waals surface area contributed by atoms with Crippen LogP contribution in [-0.4, -0.2) is 62.2 Å². The fraction of sp³-hybridized carbons (Fsp3) is 0.444. The maximum atomic E-state index is 14.2. The van der Waals surface area contributed by atoms with Gasteiger partial charge in [0, 0.05) is 57.2 Å². The normalized spacial score (nSPS) is 20.6. The van der Waals surface area contributed by atoms with Gasteiger partial charge in [0.05, 0.1) is 31.2 Å². The number of nitrogens with one attached hydrogen (secondary N) is 3. The Morgan fingerprint density at radius 2 is 2.08 bits per heavy atom. The van der Waals surface area contributed by atoms with E-state index in [0.717, 1.165) is 30.6 Å². The first kappa shape index (κ1) is 26.6. The van der Waals surface area contributed by atoms with Gasteiger partial charge in [-0.3, -0.25) is 0 Å². The molecule has 198 valence electrons. The van der Waals surface area contributed by atoms with Crippen molar-refractivity contribution in [3.63, 3.8) is 0 Å². The highest BCUT2D eigenvalue weighted by molar-refractivity contribution is 5.61. The molecule has 0 radical (unpaired) electrons. The predicted molar refractivity (Wildman–Crippen MR) is 146 cm³/mol. The van der Waals surface area contributed by atoms with Gasteiger partial charge in [-0.05, 0) is 49.6 Å². The molecule has 4 rings (SSSR count). The highest BCUT2D eigenvalue weighted by Crippen LogP contribution is 2.33. The molecule has 2 saturated heterocycles. The van der Waals surface area contributed by atoms with Crippen LogP contribution in [0.2, 0.25) is 0 Å². The zero-order chi connectivity index (χ0) is 26.0. The summed E-state index contributed by atoms with van der Waals surface area (Å²) < 4.78 is 25.3. The molecule has 1 aromatic carbocycles. The van der Waals surface area contributed by atoms with E-state index in [0.29, 0.717) is 38.6 Å². The molecule has 2 unspecified atom stereocenters. The summed E-state index contributed by atoms with van der Waals surface area (Å²) in [5.74, 6) is 0.477. The van der Waals surface area contributed by atoms with Crippen LogP contribution in [0.4, 0.5) is 21.8 Å². The minimum Gasteiger partial charge on any atom is -0.392 e. The van der Waals surface area contributed by atoms with Crippen molar-refractivity contribution < 1.29 is 13.9 Å². The van der Waals surface area contributed by atoms with Gasteiger partial charge in [-0.25, -0.2) is 14.8 Å². The molecular formula is C27H36FN7O2. The second-order valence-electron chi connectivity index (χ2n) is 9.14. The minimum atomic E-state index is -0.456. The summed E-state index contributed by atoms with van der Waals surface area (Å²) >= 11 is 0. The number of aryl methyl sites for hydroxylation is 1. The Morgan fingerprint density at radius 3 is 2.84 bits per heavy atom. The average molecular weight is 510 g/mol. The van der Waals surface area contributed by atoms with Crippen LogP contribution in [0.3, 0.4) is 0 Å². The molecular weight excluding hydrogens is 473 g/mol. The first-order valence-electron chi connectivity index (χ1n) is 12.7. The summed E-state index contributed by atoms with van der Waals surface area (Å²) in [6.45, 7) is 7.36. The van der Waals surface area contributed by atoms with Gasteiger partial charge in [-0.2, -0.15) is 10.1 Å². The third kappa shape index (κ3) is 7.50. The molecule has 0 bridgehead atoms. The van der Waals surface area contributed by atoms with Crippen molar-refractivity contribution in [3.8, 4) is 0 Å². The summed E-state index contributed by atoms with van der Waals surface area (Å²) in [4.78, 5) is 10.1. The van der Waals surface area contributed by atoms with E-state index in [4.69, 9.17) is 9.47 Å². The Balaban J connectivity index is 1.32. The van der Waals surface area contributed by atoms with Gasteiger partial charge in [-0.1, -0.05) is 12.1 Å². The summed E-state index contributed by atoms with van der Waals surface area (Å²) in [5, 5.41) is 10.8. The number of hydrogen-bond acceptors (Lipinski definition) is 9. The molecule has 2 fully saturated rings. The Morgan fingerprint density at radius 1 is 1.24 bits per heavy atom.